The molecular weight excluding hydrogens is 350 g/mol. The van der Waals surface area contributed by atoms with Gasteiger partial charge in [0.2, 0.25) is 0 Å². The molecule has 1 aromatic carbocycles. The van der Waals surface area contributed by atoms with Gasteiger partial charge < -0.3 is 10.2 Å². The van der Waals surface area contributed by atoms with E-state index in [2.05, 4.69) is 37.2 Å². The van der Waals surface area contributed by atoms with Gasteiger partial charge in [0.25, 0.3) is 0 Å². The first-order chi connectivity index (χ1) is 10.2. The van der Waals surface area contributed by atoms with Gasteiger partial charge in [-0.05, 0) is 58.6 Å². The number of nitrogens with one attached hydrogen (secondary N) is 1. The van der Waals surface area contributed by atoms with Crippen molar-refractivity contribution in [1.29, 1.82) is 0 Å². The van der Waals surface area contributed by atoms with Crippen LogP contribution < -0.4 is 10.2 Å². The third-order valence-corrected chi connectivity index (χ3v) is 4.87. The van der Waals surface area contributed by atoms with E-state index >= 15 is 0 Å². The van der Waals surface area contributed by atoms with E-state index in [1.807, 2.05) is 30.5 Å². The quantitative estimate of drug-likeness (QED) is 0.849. The van der Waals surface area contributed by atoms with E-state index in [9.17, 15) is 0 Å². The van der Waals surface area contributed by atoms with Crippen molar-refractivity contribution in [3.05, 3.63) is 51.6 Å². The van der Waals surface area contributed by atoms with Crippen molar-refractivity contribution in [2.45, 2.75) is 19.4 Å². The van der Waals surface area contributed by atoms with Crippen LogP contribution in [0.5, 0.6) is 0 Å². The summed E-state index contributed by atoms with van der Waals surface area (Å²) < 4.78 is 0.925. The largest absolute Gasteiger partial charge is 0.378 e. The Kier molecular flexibility index (Phi) is 4.66. The Morgan fingerprint density at radius 1 is 1.24 bits per heavy atom. The van der Waals surface area contributed by atoms with E-state index in [-0.39, 0.29) is 0 Å². The van der Waals surface area contributed by atoms with Gasteiger partial charge in [0.1, 0.15) is 0 Å². The fourth-order valence-electron chi connectivity index (χ4n) is 2.56. The zero-order valence-corrected chi connectivity index (χ0v) is 14.0. The predicted molar refractivity (Wildman–Crippen MR) is 92.2 cm³/mol. The topological polar surface area (TPSA) is 28.2 Å². The summed E-state index contributed by atoms with van der Waals surface area (Å²) in [7, 11) is 0. The summed E-state index contributed by atoms with van der Waals surface area (Å²) >= 11 is 9.49. The van der Waals surface area contributed by atoms with Crippen LogP contribution in [0.2, 0.25) is 5.02 Å². The van der Waals surface area contributed by atoms with Gasteiger partial charge in [0.05, 0.1) is 10.7 Å². The first-order valence-electron chi connectivity index (χ1n) is 7.12. The van der Waals surface area contributed by atoms with Crippen molar-refractivity contribution in [2.24, 2.45) is 0 Å². The normalized spacial score (nSPS) is 14.5. The molecule has 5 heteroatoms. The SMILES string of the molecule is Clc1ccc(CNc2cccnc2N2CCCC2)cc1Br. The third-order valence-electron chi connectivity index (χ3n) is 3.66. The number of anilines is 2. The van der Waals surface area contributed by atoms with Crippen molar-refractivity contribution in [3.63, 3.8) is 0 Å². The molecule has 110 valence electrons. The molecule has 1 saturated heterocycles. The fraction of sp³-hybridized carbons (Fsp3) is 0.312. The summed E-state index contributed by atoms with van der Waals surface area (Å²) in [5, 5.41) is 4.22. The summed E-state index contributed by atoms with van der Waals surface area (Å²) in [6.45, 7) is 2.94. The summed E-state index contributed by atoms with van der Waals surface area (Å²) in [5.74, 6) is 1.06. The average molecular weight is 367 g/mol. The molecule has 0 saturated carbocycles. The second-order valence-corrected chi connectivity index (χ2v) is 6.43. The summed E-state index contributed by atoms with van der Waals surface area (Å²) in [6.07, 6.45) is 4.36. The predicted octanol–water partition coefficient (Wildman–Crippen LogP) is 4.71. The number of hydrogen-bond acceptors (Lipinski definition) is 3. The van der Waals surface area contributed by atoms with Crippen LogP contribution in [0, 0.1) is 0 Å². The molecule has 0 atom stereocenters. The van der Waals surface area contributed by atoms with Crippen LogP contribution in [0.1, 0.15) is 18.4 Å². The van der Waals surface area contributed by atoms with Crippen molar-refractivity contribution in [1.82, 2.24) is 4.98 Å². The summed E-state index contributed by atoms with van der Waals surface area (Å²) in [6, 6.07) is 10.0. The second kappa shape index (κ2) is 6.67. The number of benzene rings is 1. The minimum absolute atomic E-state index is 0.734. The smallest absolute Gasteiger partial charge is 0.151 e. The van der Waals surface area contributed by atoms with E-state index in [0.717, 1.165) is 40.6 Å². The van der Waals surface area contributed by atoms with Crippen LogP contribution in [-0.2, 0) is 6.54 Å². The van der Waals surface area contributed by atoms with Gasteiger partial charge in [-0.3, -0.25) is 0 Å². The molecule has 0 unspecified atom stereocenters. The summed E-state index contributed by atoms with van der Waals surface area (Å²) in [4.78, 5) is 6.89. The molecule has 0 bridgehead atoms. The van der Waals surface area contributed by atoms with Crippen LogP contribution >= 0.6 is 27.5 Å². The highest BCUT2D eigenvalue weighted by Gasteiger charge is 2.16. The Hall–Kier alpha value is -1.26. The van der Waals surface area contributed by atoms with Crippen LogP contribution in [0.15, 0.2) is 41.0 Å². The van der Waals surface area contributed by atoms with Crippen LogP contribution in [0.3, 0.4) is 0 Å². The highest BCUT2D eigenvalue weighted by molar-refractivity contribution is 9.10. The number of nitrogens with zero attached hydrogens (tertiary/aromatic N) is 2. The van der Waals surface area contributed by atoms with Crippen molar-refractivity contribution in [3.8, 4) is 0 Å². The fourth-order valence-corrected chi connectivity index (χ4v) is 3.11. The first kappa shape index (κ1) is 14.7. The molecule has 2 aromatic rings. The van der Waals surface area contributed by atoms with Gasteiger partial charge in [-0.2, -0.15) is 0 Å². The Labute approximate surface area is 138 Å². The maximum absolute atomic E-state index is 6.03. The first-order valence-corrected chi connectivity index (χ1v) is 8.29. The number of hydrogen-bond donors (Lipinski definition) is 1. The molecule has 2 heterocycles. The van der Waals surface area contributed by atoms with Crippen molar-refractivity contribution >= 4 is 39.0 Å². The zero-order chi connectivity index (χ0) is 14.7. The Bertz CT molecular complexity index is 627. The molecule has 0 spiro atoms. The molecule has 21 heavy (non-hydrogen) atoms. The number of pyridine rings is 1. The molecule has 0 aliphatic carbocycles. The van der Waals surface area contributed by atoms with Crippen LogP contribution in [0.4, 0.5) is 11.5 Å². The van der Waals surface area contributed by atoms with E-state index in [4.69, 9.17) is 11.6 Å². The van der Waals surface area contributed by atoms with Gasteiger partial charge >= 0.3 is 0 Å². The van der Waals surface area contributed by atoms with Gasteiger partial charge in [-0.25, -0.2) is 4.98 Å². The monoisotopic (exact) mass is 365 g/mol. The van der Waals surface area contributed by atoms with Gasteiger partial charge in [-0.1, -0.05) is 17.7 Å². The summed E-state index contributed by atoms with van der Waals surface area (Å²) in [5.41, 5.74) is 2.27. The maximum Gasteiger partial charge on any atom is 0.151 e. The molecule has 1 aliphatic rings. The standard InChI is InChI=1S/C16H17BrClN3/c17-13-10-12(5-6-14(13)18)11-20-15-4-3-7-19-16(15)21-8-1-2-9-21/h3-7,10,20H,1-2,8-9,11H2. The maximum atomic E-state index is 6.03. The molecule has 1 aliphatic heterocycles. The lowest BCUT2D eigenvalue weighted by Crippen LogP contribution is -2.20. The molecule has 1 fully saturated rings. The minimum Gasteiger partial charge on any atom is -0.378 e. The third kappa shape index (κ3) is 3.50. The Balaban J connectivity index is 1.74. The highest BCUT2D eigenvalue weighted by atomic mass is 79.9. The van der Waals surface area contributed by atoms with E-state index < -0.39 is 0 Å². The zero-order valence-electron chi connectivity index (χ0n) is 11.6. The van der Waals surface area contributed by atoms with E-state index in [1.165, 1.54) is 18.4 Å². The van der Waals surface area contributed by atoms with Crippen molar-refractivity contribution < 1.29 is 0 Å². The number of aromatic nitrogens is 1. The highest BCUT2D eigenvalue weighted by Crippen LogP contribution is 2.27. The lowest BCUT2D eigenvalue weighted by atomic mass is 10.2. The molecule has 3 nitrogen and oxygen atoms in total. The number of halogens is 2. The molecule has 0 amide bonds. The molecular formula is C16H17BrClN3. The van der Waals surface area contributed by atoms with Crippen LogP contribution in [-0.4, -0.2) is 18.1 Å². The van der Waals surface area contributed by atoms with E-state index in [1.54, 1.807) is 0 Å². The minimum atomic E-state index is 0.734. The van der Waals surface area contributed by atoms with Gasteiger partial charge in [0.15, 0.2) is 5.82 Å². The van der Waals surface area contributed by atoms with Gasteiger partial charge in [0, 0.05) is 30.3 Å². The molecule has 1 N–H and O–H groups in total. The van der Waals surface area contributed by atoms with Crippen molar-refractivity contribution in [2.75, 3.05) is 23.3 Å². The lowest BCUT2D eigenvalue weighted by molar-refractivity contribution is 0.934. The van der Waals surface area contributed by atoms with E-state index in [0.29, 0.717) is 0 Å². The Morgan fingerprint density at radius 2 is 2.05 bits per heavy atom. The molecule has 0 radical (unpaired) electrons. The van der Waals surface area contributed by atoms with Crippen LogP contribution in [0.25, 0.3) is 0 Å². The molecule has 3 rings (SSSR count). The number of rotatable bonds is 4. The second-order valence-electron chi connectivity index (χ2n) is 5.17. The Morgan fingerprint density at radius 3 is 2.81 bits per heavy atom. The van der Waals surface area contributed by atoms with Gasteiger partial charge in [-0.15, -0.1) is 0 Å². The lowest BCUT2D eigenvalue weighted by Gasteiger charge is -2.20. The average Bonchev–Trinajstić information content (AvgIpc) is 3.03. The molecule has 1 aromatic heterocycles.